The van der Waals surface area contributed by atoms with Crippen molar-refractivity contribution in [1.82, 2.24) is 9.47 Å². The maximum atomic E-state index is 12.8. The Morgan fingerprint density at radius 2 is 1.76 bits per heavy atom. The lowest BCUT2D eigenvalue weighted by molar-refractivity contribution is -0.153. The van der Waals surface area contributed by atoms with Crippen molar-refractivity contribution in [3.05, 3.63) is 34.2 Å². The van der Waals surface area contributed by atoms with Crippen LogP contribution in [0.25, 0.3) is 0 Å². The number of piperidine rings is 1. The number of carboxylic acids is 1. The van der Waals surface area contributed by atoms with Gasteiger partial charge in [0, 0.05) is 31.4 Å². The third kappa shape index (κ3) is 4.11. The molecule has 0 aromatic carbocycles. The Balaban J connectivity index is 2.15. The van der Waals surface area contributed by atoms with Gasteiger partial charge in [-0.2, -0.15) is 0 Å². The fraction of sp³-hybridized carbons (Fsp3) is 0.632. The van der Waals surface area contributed by atoms with E-state index in [1.54, 1.807) is 17.2 Å². The molecule has 25 heavy (non-hydrogen) atoms. The van der Waals surface area contributed by atoms with E-state index < -0.39 is 11.4 Å². The molecule has 1 amide bonds. The molecule has 1 aromatic heterocycles. The normalized spacial score (nSPS) is 17.1. The molecule has 0 saturated carbocycles. The van der Waals surface area contributed by atoms with Gasteiger partial charge in [0.05, 0.1) is 11.0 Å². The fourth-order valence-electron chi connectivity index (χ4n) is 3.64. The van der Waals surface area contributed by atoms with Gasteiger partial charge in [-0.1, -0.05) is 13.8 Å². The number of pyridine rings is 1. The first-order valence-electron chi connectivity index (χ1n) is 8.91. The summed E-state index contributed by atoms with van der Waals surface area (Å²) in [5, 5.41) is 9.67. The van der Waals surface area contributed by atoms with Gasteiger partial charge in [-0.05, 0) is 45.1 Å². The number of aliphatic carboxylic acids is 1. The van der Waals surface area contributed by atoms with Crippen LogP contribution in [-0.2, 0) is 4.79 Å². The molecule has 0 bridgehead atoms. The van der Waals surface area contributed by atoms with Crippen LogP contribution < -0.4 is 5.56 Å². The number of carbonyl (C=O) groups is 2. The third-order valence-electron chi connectivity index (χ3n) is 5.00. The van der Waals surface area contributed by atoms with E-state index in [0.717, 1.165) is 0 Å². The van der Waals surface area contributed by atoms with Gasteiger partial charge in [0.2, 0.25) is 0 Å². The molecule has 0 radical (unpaired) electrons. The molecule has 6 nitrogen and oxygen atoms in total. The van der Waals surface area contributed by atoms with Gasteiger partial charge in [0.15, 0.2) is 0 Å². The zero-order chi connectivity index (χ0) is 18.8. The van der Waals surface area contributed by atoms with E-state index in [0.29, 0.717) is 43.8 Å². The number of hydrogen-bond donors (Lipinski definition) is 1. The van der Waals surface area contributed by atoms with Crippen LogP contribution in [0, 0.1) is 11.3 Å². The largest absolute Gasteiger partial charge is 0.481 e. The van der Waals surface area contributed by atoms with Crippen LogP contribution in [-0.4, -0.2) is 39.5 Å². The fourth-order valence-corrected chi connectivity index (χ4v) is 3.64. The molecule has 6 heteroatoms. The average molecular weight is 348 g/mol. The third-order valence-corrected chi connectivity index (χ3v) is 5.00. The molecule has 1 fully saturated rings. The maximum absolute atomic E-state index is 12.8. The maximum Gasteiger partial charge on any atom is 0.309 e. The molecule has 1 aromatic rings. The van der Waals surface area contributed by atoms with E-state index >= 15 is 0 Å². The summed E-state index contributed by atoms with van der Waals surface area (Å²) in [7, 11) is 0. The number of hydrogen-bond acceptors (Lipinski definition) is 3. The molecule has 2 rings (SSSR count). The minimum Gasteiger partial charge on any atom is -0.481 e. The van der Waals surface area contributed by atoms with Gasteiger partial charge < -0.3 is 14.6 Å². The molecular weight excluding hydrogens is 320 g/mol. The van der Waals surface area contributed by atoms with Crippen LogP contribution in [0.2, 0.25) is 0 Å². The Morgan fingerprint density at radius 3 is 2.24 bits per heavy atom. The van der Waals surface area contributed by atoms with Crippen LogP contribution in [0.15, 0.2) is 23.1 Å². The molecule has 1 aliphatic heterocycles. The number of carboxylic acid groups (broad SMARTS) is 1. The highest BCUT2D eigenvalue weighted by atomic mass is 16.4. The van der Waals surface area contributed by atoms with Crippen molar-refractivity contribution < 1.29 is 14.7 Å². The summed E-state index contributed by atoms with van der Waals surface area (Å²) in [6, 6.07) is 2.95. The molecule has 0 unspecified atom stereocenters. The predicted octanol–water partition coefficient (Wildman–Crippen LogP) is 2.78. The van der Waals surface area contributed by atoms with E-state index in [1.807, 2.05) is 27.7 Å². The highest BCUT2D eigenvalue weighted by Crippen LogP contribution is 2.38. The highest BCUT2D eigenvalue weighted by molar-refractivity contribution is 5.94. The van der Waals surface area contributed by atoms with E-state index in [9.17, 15) is 19.5 Å². The number of aromatic nitrogens is 1. The van der Waals surface area contributed by atoms with Crippen molar-refractivity contribution in [2.45, 2.75) is 53.0 Å². The molecule has 1 N–H and O–H groups in total. The minimum atomic E-state index is -0.762. The van der Waals surface area contributed by atoms with Gasteiger partial charge in [0.25, 0.3) is 11.5 Å². The van der Waals surface area contributed by atoms with Gasteiger partial charge in [0.1, 0.15) is 0 Å². The zero-order valence-corrected chi connectivity index (χ0v) is 15.5. The van der Waals surface area contributed by atoms with E-state index in [4.69, 9.17) is 0 Å². The molecular formula is C19H28N2O4. The number of likely N-dealkylation sites (tertiary alicyclic amines) is 1. The summed E-state index contributed by atoms with van der Waals surface area (Å²) >= 11 is 0. The zero-order valence-electron chi connectivity index (χ0n) is 15.5. The Hall–Kier alpha value is -2.11. The summed E-state index contributed by atoms with van der Waals surface area (Å²) in [5.74, 6) is -0.604. The van der Waals surface area contributed by atoms with Crippen LogP contribution in [0.3, 0.4) is 0 Å². The smallest absolute Gasteiger partial charge is 0.309 e. The van der Waals surface area contributed by atoms with Crippen molar-refractivity contribution in [1.29, 1.82) is 0 Å². The summed E-state index contributed by atoms with van der Waals surface area (Å²) < 4.78 is 1.54. The van der Waals surface area contributed by atoms with E-state index in [2.05, 4.69) is 0 Å². The molecule has 1 saturated heterocycles. The lowest BCUT2D eigenvalue weighted by Crippen LogP contribution is -2.47. The second kappa shape index (κ2) is 7.42. The standard InChI is InChI=1S/C19H28N2O4/c1-13(2)11-19(18(24)25)7-9-20(10-8-19)17(23)15-5-6-16(22)21(12-15)14(3)4/h5-6,12-14H,7-11H2,1-4H3,(H,24,25). The van der Waals surface area contributed by atoms with Crippen LogP contribution in [0.1, 0.15) is 63.4 Å². The first-order valence-corrected chi connectivity index (χ1v) is 8.91. The van der Waals surface area contributed by atoms with Gasteiger partial charge in [-0.25, -0.2) is 0 Å². The molecule has 0 spiro atoms. The molecule has 0 atom stereocenters. The van der Waals surface area contributed by atoms with Crippen molar-refractivity contribution in [3.8, 4) is 0 Å². The Bertz CT molecular complexity index is 698. The monoisotopic (exact) mass is 348 g/mol. The predicted molar refractivity (Wildman–Crippen MR) is 95.7 cm³/mol. The summed E-state index contributed by atoms with van der Waals surface area (Å²) in [5.41, 5.74) is -0.395. The first kappa shape index (κ1) is 19.2. The van der Waals surface area contributed by atoms with Gasteiger partial charge in [-0.15, -0.1) is 0 Å². The lowest BCUT2D eigenvalue weighted by atomic mass is 9.72. The number of amides is 1. The Kier molecular flexibility index (Phi) is 5.70. The second-order valence-corrected chi connectivity index (χ2v) is 7.73. The van der Waals surface area contributed by atoms with Crippen molar-refractivity contribution >= 4 is 11.9 Å². The van der Waals surface area contributed by atoms with Gasteiger partial charge >= 0.3 is 5.97 Å². The number of carbonyl (C=O) groups excluding carboxylic acids is 1. The summed E-state index contributed by atoms with van der Waals surface area (Å²) in [6.07, 6.45) is 3.16. The van der Waals surface area contributed by atoms with Crippen molar-refractivity contribution in [2.24, 2.45) is 11.3 Å². The van der Waals surface area contributed by atoms with Crippen LogP contribution >= 0.6 is 0 Å². The highest BCUT2D eigenvalue weighted by Gasteiger charge is 2.42. The lowest BCUT2D eigenvalue weighted by Gasteiger charge is -2.39. The quantitative estimate of drug-likeness (QED) is 0.887. The first-order chi connectivity index (χ1) is 11.7. The Morgan fingerprint density at radius 1 is 1.16 bits per heavy atom. The molecule has 138 valence electrons. The second-order valence-electron chi connectivity index (χ2n) is 7.73. The number of rotatable bonds is 5. The van der Waals surface area contributed by atoms with E-state index in [-0.39, 0.29) is 17.5 Å². The summed E-state index contributed by atoms with van der Waals surface area (Å²) in [4.78, 5) is 38.1. The molecule has 2 heterocycles. The SMILES string of the molecule is CC(C)CC1(C(=O)O)CCN(C(=O)c2ccc(=O)n(C(C)C)c2)CC1. The van der Waals surface area contributed by atoms with Crippen molar-refractivity contribution in [2.75, 3.05) is 13.1 Å². The minimum absolute atomic E-state index is 0.0210. The van der Waals surface area contributed by atoms with Crippen molar-refractivity contribution in [3.63, 3.8) is 0 Å². The molecule has 0 aliphatic carbocycles. The van der Waals surface area contributed by atoms with Crippen LogP contribution in [0.5, 0.6) is 0 Å². The Labute approximate surface area is 148 Å². The average Bonchev–Trinajstić information content (AvgIpc) is 2.54. The van der Waals surface area contributed by atoms with Gasteiger partial charge in [-0.3, -0.25) is 14.4 Å². The van der Waals surface area contributed by atoms with Crippen LogP contribution in [0.4, 0.5) is 0 Å². The molecule has 1 aliphatic rings. The van der Waals surface area contributed by atoms with E-state index in [1.165, 1.54) is 10.6 Å². The number of nitrogens with zero attached hydrogens (tertiary/aromatic N) is 2. The topological polar surface area (TPSA) is 79.6 Å². The summed E-state index contributed by atoms with van der Waals surface area (Å²) in [6.45, 7) is 8.69.